The van der Waals surface area contributed by atoms with Gasteiger partial charge in [0.2, 0.25) is 5.88 Å². The lowest BCUT2D eigenvalue weighted by Crippen LogP contribution is -2.39. The summed E-state index contributed by atoms with van der Waals surface area (Å²) in [6.07, 6.45) is 0.696. The van der Waals surface area contributed by atoms with Crippen LogP contribution in [0.4, 0.5) is 10.6 Å². The number of hydrogen-bond donors (Lipinski definition) is 3. The Kier molecular flexibility index (Phi) is 7.80. The average Bonchev–Trinajstić information content (AvgIpc) is 3.20. The second kappa shape index (κ2) is 10.7. The molecule has 0 bridgehead atoms. The van der Waals surface area contributed by atoms with Crippen molar-refractivity contribution in [3.05, 3.63) is 47.7 Å². The molecule has 3 N–H and O–H groups in total. The van der Waals surface area contributed by atoms with Gasteiger partial charge in [-0.2, -0.15) is 0 Å². The lowest BCUT2D eigenvalue weighted by atomic mass is 10.0. The molecular weight excluding hydrogens is 398 g/mol. The average molecular weight is 428 g/mol. The monoisotopic (exact) mass is 427 g/mol. The number of rotatable bonds is 10. The van der Waals surface area contributed by atoms with Crippen LogP contribution in [-0.4, -0.2) is 48.1 Å². The quantitative estimate of drug-likeness (QED) is 0.454. The minimum atomic E-state index is -0.387. The fraction of sp³-hybridized carbons (Fsp3) is 0.409. The van der Waals surface area contributed by atoms with Gasteiger partial charge in [0.05, 0.1) is 42.5 Å². The molecule has 2 heterocycles. The lowest BCUT2D eigenvalue weighted by Gasteiger charge is -2.26. The second-order valence-corrected chi connectivity index (χ2v) is 7.11. The number of aromatic amines is 1. The minimum absolute atomic E-state index is 0.204. The molecule has 0 spiro atoms. The van der Waals surface area contributed by atoms with E-state index >= 15 is 0 Å². The predicted octanol–water partition coefficient (Wildman–Crippen LogP) is 3.79. The number of aromatic nitrogens is 3. The summed E-state index contributed by atoms with van der Waals surface area (Å²) < 4.78 is 16.4. The van der Waals surface area contributed by atoms with Gasteiger partial charge in [-0.3, -0.25) is 10.4 Å². The number of urea groups is 1. The highest BCUT2D eigenvalue weighted by Gasteiger charge is 2.23. The smallest absolute Gasteiger partial charge is 0.320 e. The summed E-state index contributed by atoms with van der Waals surface area (Å²) in [5.74, 6) is 0.800. The van der Waals surface area contributed by atoms with Crippen LogP contribution in [-0.2, 0) is 16.1 Å². The third-order valence-corrected chi connectivity index (χ3v) is 4.80. The Morgan fingerprint density at radius 2 is 2.00 bits per heavy atom. The number of nitrogens with zero attached hydrogens (tertiary/aromatic N) is 2. The molecule has 2 aromatic heterocycles. The molecule has 0 aliphatic carbocycles. The highest BCUT2D eigenvalue weighted by molar-refractivity contribution is 5.93. The minimum Gasteiger partial charge on any atom is -0.479 e. The number of carbonyl (C=O) groups is 1. The van der Waals surface area contributed by atoms with E-state index in [1.54, 1.807) is 13.2 Å². The van der Waals surface area contributed by atoms with E-state index in [1.165, 1.54) is 7.11 Å². The van der Waals surface area contributed by atoms with Gasteiger partial charge >= 0.3 is 6.03 Å². The number of benzene rings is 1. The molecule has 0 fully saturated rings. The van der Waals surface area contributed by atoms with Gasteiger partial charge in [-0.15, -0.1) is 5.10 Å². The van der Waals surface area contributed by atoms with Crippen molar-refractivity contribution in [2.45, 2.75) is 39.0 Å². The van der Waals surface area contributed by atoms with Crippen LogP contribution < -0.4 is 15.4 Å². The van der Waals surface area contributed by atoms with Crippen LogP contribution in [0.2, 0.25) is 0 Å². The normalized spacial score (nSPS) is 13.0. The summed E-state index contributed by atoms with van der Waals surface area (Å²) in [5, 5.41) is 13.6. The molecule has 0 aliphatic rings. The van der Waals surface area contributed by atoms with Crippen molar-refractivity contribution in [2.24, 2.45) is 0 Å². The fourth-order valence-electron chi connectivity index (χ4n) is 3.37. The largest absolute Gasteiger partial charge is 0.479 e. The number of nitrogens with one attached hydrogen (secondary N) is 3. The number of anilines is 1. The van der Waals surface area contributed by atoms with E-state index in [2.05, 4.69) is 25.8 Å². The van der Waals surface area contributed by atoms with E-state index in [9.17, 15) is 4.79 Å². The summed E-state index contributed by atoms with van der Waals surface area (Å²) in [6.45, 7) is 4.87. The predicted molar refractivity (Wildman–Crippen MR) is 118 cm³/mol. The van der Waals surface area contributed by atoms with Crippen LogP contribution in [0.1, 0.15) is 37.6 Å². The van der Waals surface area contributed by atoms with Crippen LogP contribution in [0.25, 0.3) is 10.9 Å². The molecule has 0 unspecified atom stereocenters. The highest BCUT2D eigenvalue weighted by atomic mass is 16.5. The van der Waals surface area contributed by atoms with Crippen LogP contribution in [0.5, 0.6) is 5.88 Å². The van der Waals surface area contributed by atoms with E-state index in [1.807, 2.05) is 44.2 Å². The maximum Gasteiger partial charge on any atom is 0.320 e. The molecule has 166 valence electrons. The van der Waals surface area contributed by atoms with Crippen molar-refractivity contribution in [3.63, 3.8) is 0 Å². The first kappa shape index (κ1) is 22.5. The first-order valence-corrected chi connectivity index (χ1v) is 10.2. The van der Waals surface area contributed by atoms with Gasteiger partial charge in [0, 0.05) is 19.8 Å². The Balaban J connectivity index is 1.81. The maximum atomic E-state index is 12.8. The van der Waals surface area contributed by atoms with Crippen molar-refractivity contribution in [2.75, 3.05) is 26.1 Å². The molecule has 0 aliphatic heterocycles. The zero-order chi connectivity index (χ0) is 22.2. The van der Waals surface area contributed by atoms with Gasteiger partial charge in [-0.25, -0.2) is 9.78 Å². The number of amides is 2. The molecule has 0 radical (unpaired) electrons. The Labute approximate surface area is 181 Å². The van der Waals surface area contributed by atoms with Gasteiger partial charge in [0.1, 0.15) is 5.82 Å². The molecule has 3 aromatic rings. The summed E-state index contributed by atoms with van der Waals surface area (Å²) in [7, 11) is 3.12. The molecular formula is C22H29N5O4. The van der Waals surface area contributed by atoms with Gasteiger partial charge in [0.15, 0.2) is 0 Å². The van der Waals surface area contributed by atoms with Crippen molar-refractivity contribution in [1.29, 1.82) is 0 Å². The van der Waals surface area contributed by atoms with E-state index in [4.69, 9.17) is 14.2 Å². The first-order valence-electron chi connectivity index (χ1n) is 10.2. The molecule has 31 heavy (non-hydrogen) atoms. The third kappa shape index (κ3) is 5.50. The Morgan fingerprint density at radius 1 is 1.23 bits per heavy atom. The highest BCUT2D eigenvalue weighted by Crippen LogP contribution is 2.28. The van der Waals surface area contributed by atoms with E-state index in [-0.39, 0.29) is 24.8 Å². The summed E-state index contributed by atoms with van der Waals surface area (Å²) in [4.78, 5) is 17.4. The lowest BCUT2D eigenvalue weighted by molar-refractivity contribution is 0.0418. The van der Waals surface area contributed by atoms with Crippen LogP contribution >= 0.6 is 0 Å². The summed E-state index contributed by atoms with van der Waals surface area (Å²) in [6, 6.07) is 10.7. The first-order chi connectivity index (χ1) is 15.1. The molecule has 9 nitrogen and oxygen atoms in total. The van der Waals surface area contributed by atoms with E-state index in [0.717, 1.165) is 17.4 Å². The van der Waals surface area contributed by atoms with Gasteiger partial charge in [0.25, 0.3) is 0 Å². The zero-order valence-corrected chi connectivity index (χ0v) is 18.3. The second-order valence-electron chi connectivity index (χ2n) is 7.11. The van der Waals surface area contributed by atoms with Gasteiger partial charge in [-0.1, -0.05) is 37.3 Å². The maximum absolute atomic E-state index is 12.8. The Hall–Kier alpha value is -3.17. The molecule has 0 saturated heterocycles. The number of ether oxygens (including phenoxy) is 3. The van der Waals surface area contributed by atoms with Gasteiger partial charge < -0.3 is 19.5 Å². The third-order valence-electron chi connectivity index (χ3n) is 4.80. The van der Waals surface area contributed by atoms with E-state index < -0.39 is 0 Å². The molecule has 9 heteroatoms. The molecule has 1 aromatic carbocycles. The van der Waals surface area contributed by atoms with Crippen molar-refractivity contribution in [1.82, 2.24) is 20.5 Å². The number of pyridine rings is 1. The van der Waals surface area contributed by atoms with Crippen LogP contribution in [0.15, 0.2) is 36.4 Å². The molecule has 2 atom stereocenters. The van der Waals surface area contributed by atoms with Crippen LogP contribution in [0.3, 0.4) is 0 Å². The van der Waals surface area contributed by atoms with Crippen molar-refractivity contribution in [3.8, 4) is 5.88 Å². The number of methoxy groups -OCH3 is 2. The topological polar surface area (TPSA) is 110 Å². The zero-order valence-electron chi connectivity index (χ0n) is 18.3. The fourth-order valence-corrected chi connectivity index (χ4v) is 3.37. The van der Waals surface area contributed by atoms with E-state index in [0.29, 0.717) is 29.5 Å². The molecule has 3 rings (SSSR count). The van der Waals surface area contributed by atoms with Gasteiger partial charge in [-0.05, 0) is 18.9 Å². The number of carbonyl (C=O) groups excluding carboxylic acids is 1. The summed E-state index contributed by atoms with van der Waals surface area (Å²) in [5.41, 5.74) is 2.26. The Bertz CT molecular complexity index is 992. The number of fused-ring (bicyclic) bond motifs is 1. The Morgan fingerprint density at radius 3 is 2.68 bits per heavy atom. The standard InChI is InChI=1S/C22H29N5O4/c1-5-11-31-14(2)20(15-9-7-6-8-10-15)25-22(28)24-18-12-16-19(17(23-18)13-29-3)21(30-4)27-26-16/h6-10,12,14,20H,5,11,13H2,1-4H3,(H,26,27)(H2,23,24,25,28)/t14-,20-/m1/s1. The van der Waals surface area contributed by atoms with Crippen molar-refractivity contribution >= 4 is 22.8 Å². The van der Waals surface area contributed by atoms with Crippen LogP contribution in [0, 0.1) is 0 Å². The molecule has 0 saturated carbocycles. The summed E-state index contributed by atoms with van der Waals surface area (Å²) >= 11 is 0. The number of H-pyrrole nitrogens is 1. The molecule has 2 amide bonds. The van der Waals surface area contributed by atoms with Crippen molar-refractivity contribution < 1.29 is 19.0 Å². The SMILES string of the molecule is CCCO[C@H](C)[C@@H](NC(=O)Nc1cc2[nH]nc(OC)c2c(COC)n1)c1ccccc1. The number of hydrogen-bond acceptors (Lipinski definition) is 6.